The standard InChI is InChI=1S/C14H23N3O/c1-18-7-6-15-8-13-9-16-11-17(13)10-14(4-5-14)12-2-3-12/h9,11-12,15H,2-8,10H2,1H3. The molecule has 1 aromatic rings. The number of nitrogens with one attached hydrogen (secondary N) is 1. The van der Waals surface area contributed by atoms with Gasteiger partial charge in [-0.15, -0.1) is 0 Å². The SMILES string of the molecule is COCCNCc1cncn1CC1(C2CC2)CC1. The Hall–Kier alpha value is -0.870. The molecule has 0 aromatic carbocycles. The highest BCUT2D eigenvalue weighted by atomic mass is 16.5. The molecule has 2 aliphatic carbocycles. The van der Waals surface area contributed by atoms with Crippen LogP contribution in [0.5, 0.6) is 0 Å². The molecular weight excluding hydrogens is 226 g/mol. The van der Waals surface area contributed by atoms with Gasteiger partial charge < -0.3 is 14.6 Å². The minimum atomic E-state index is 0.641. The fourth-order valence-electron chi connectivity index (χ4n) is 2.92. The number of hydrogen-bond donors (Lipinski definition) is 1. The first-order valence-corrected chi connectivity index (χ1v) is 7.03. The van der Waals surface area contributed by atoms with E-state index in [1.807, 2.05) is 12.5 Å². The Morgan fingerprint density at radius 1 is 1.50 bits per heavy atom. The van der Waals surface area contributed by atoms with Crippen molar-refractivity contribution in [2.45, 2.75) is 38.8 Å². The van der Waals surface area contributed by atoms with Gasteiger partial charge in [0.15, 0.2) is 0 Å². The van der Waals surface area contributed by atoms with Crippen LogP contribution in [0, 0.1) is 11.3 Å². The Morgan fingerprint density at radius 3 is 3.00 bits per heavy atom. The van der Waals surface area contributed by atoms with E-state index in [1.54, 1.807) is 7.11 Å². The van der Waals surface area contributed by atoms with Crippen LogP contribution in [0.4, 0.5) is 0 Å². The molecule has 1 N–H and O–H groups in total. The minimum absolute atomic E-state index is 0.641. The Balaban J connectivity index is 1.54. The van der Waals surface area contributed by atoms with E-state index in [4.69, 9.17) is 4.74 Å². The van der Waals surface area contributed by atoms with Crippen LogP contribution in [0.15, 0.2) is 12.5 Å². The Morgan fingerprint density at radius 2 is 2.33 bits per heavy atom. The van der Waals surface area contributed by atoms with Crippen molar-refractivity contribution in [3.63, 3.8) is 0 Å². The van der Waals surface area contributed by atoms with E-state index in [-0.39, 0.29) is 0 Å². The molecule has 2 saturated carbocycles. The summed E-state index contributed by atoms with van der Waals surface area (Å²) >= 11 is 0. The molecule has 0 radical (unpaired) electrons. The maximum Gasteiger partial charge on any atom is 0.0948 e. The van der Waals surface area contributed by atoms with E-state index in [2.05, 4.69) is 14.9 Å². The van der Waals surface area contributed by atoms with Gasteiger partial charge in [0.1, 0.15) is 0 Å². The molecule has 0 spiro atoms. The second kappa shape index (κ2) is 5.02. The number of methoxy groups -OCH3 is 1. The van der Waals surface area contributed by atoms with Crippen LogP contribution in [0.1, 0.15) is 31.4 Å². The average molecular weight is 249 g/mol. The second-order valence-corrected chi connectivity index (χ2v) is 5.82. The number of nitrogens with zero attached hydrogens (tertiary/aromatic N) is 2. The summed E-state index contributed by atoms with van der Waals surface area (Å²) in [5.41, 5.74) is 1.94. The summed E-state index contributed by atoms with van der Waals surface area (Å²) in [5, 5.41) is 3.39. The first-order chi connectivity index (χ1) is 8.84. The van der Waals surface area contributed by atoms with Gasteiger partial charge in [0, 0.05) is 32.9 Å². The second-order valence-electron chi connectivity index (χ2n) is 5.82. The zero-order chi connectivity index (χ0) is 12.4. The average Bonchev–Trinajstić information content (AvgIpc) is 3.25. The molecule has 2 fully saturated rings. The largest absolute Gasteiger partial charge is 0.383 e. The molecule has 0 amide bonds. The maximum atomic E-state index is 5.04. The molecule has 2 aliphatic rings. The molecule has 0 aliphatic heterocycles. The molecule has 0 saturated heterocycles. The third kappa shape index (κ3) is 2.59. The lowest BCUT2D eigenvalue weighted by atomic mass is 10.0. The third-order valence-corrected chi connectivity index (χ3v) is 4.41. The van der Waals surface area contributed by atoms with Gasteiger partial charge in [0.05, 0.1) is 18.6 Å². The van der Waals surface area contributed by atoms with Crippen LogP contribution in [-0.4, -0.2) is 29.8 Å². The smallest absolute Gasteiger partial charge is 0.0948 e. The highest BCUT2D eigenvalue weighted by Crippen LogP contribution is 2.62. The van der Waals surface area contributed by atoms with Crippen LogP contribution in [0.25, 0.3) is 0 Å². The Kier molecular flexibility index (Phi) is 3.39. The van der Waals surface area contributed by atoms with E-state index in [1.165, 1.54) is 37.9 Å². The number of rotatable bonds is 8. The van der Waals surface area contributed by atoms with Crippen LogP contribution in [-0.2, 0) is 17.8 Å². The molecular formula is C14H23N3O. The predicted octanol–water partition coefficient (Wildman–Crippen LogP) is 1.81. The van der Waals surface area contributed by atoms with Gasteiger partial charge in [-0.2, -0.15) is 0 Å². The van der Waals surface area contributed by atoms with Crippen molar-refractivity contribution in [3.05, 3.63) is 18.2 Å². The van der Waals surface area contributed by atoms with Gasteiger partial charge in [-0.3, -0.25) is 0 Å². The van der Waals surface area contributed by atoms with E-state index in [9.17, 15) is 0 Å². The molecule has 0 atom stereocenters. The first kappa shape index (κ1) is 12.2. The van der Waals surface area contributed by atoms with Gasteiger partial charge in [-0.1, -0.05) is 0 Å². The monoisotopic (exact) mass is 249 g/mol. The minimum Gasteiger partial charge on any atom is -0.383 e. The quantitative estimate of drug-likeness (QED) is 0.714. The lowest BCUT2D eigenvalue weighted by Gasteiger charge is -2.17. The zero-order valence-electron chi connectivity index (χ0n) is 11.2. The summed E-state index contributed by atoms with van der Waals surface area (Å²) in [6.45, 7) is 3.73. The zero-order valence-corrected chi connectivity index (χ0v) is 11.2. The molecule has 1 aromatic heterocycles. The molecule has 100 valence electrons. The van der Waals surface area contributed by atoms with Crippen molar-refractivity contribution in [1.82, 2.24) is 14.9 Å². The molecule has 0 bridgehead atoms. The van der Waals surface area contributed by atoms with Crippen LogP contribution < -0.4 is 5.32 Å². The molecule has 18 heavy (non-hydrogen) atoms. The lowest BCUT2D eigenvalue weighted by Crippen LogP contribution is -2.22. The summed E-state index contributed by atoms with van der Waals surface area (Å²) in [6.07, 6.45) is 9.74. The summed E-state index contributed by atoms with van der Waals surface area (Å²) in [4.78, 5) is 4.30. The lowest BCUT2D eigenvalue weighted by molar-refractivity contribution is 0.199. The molecule has 3 rings (SSSR count). The fourth-order valence-corrected chi connectivity index (χ4v) is 2.92. The Labute approximate surface area is 109 Å². The highest BCUT2D eigenvalue weighted by molar-refractivity contribution is 5.07. The number of hydrogen-bond acceptors (Lipinski definition) is 3. The fraction of sp³-hybridized carbons (Fsp3) is 0.786. The van der Waals surface area contributed by atoms with E-state index in [0.29, 0.717) is 5.41 Å². The molecule has 1 heterocycles. The predicted molar refractivity (Wildman–Crippen MR) is 70.2 cm³/mol. The molecule has 4 nitrogen and oxygen atoms in total. The Bertz CT molecular complexity index is 393. The number of ether oxygens (including phenoxy) is 1. The summed E-state index contributed by atoms with van der Waals surface area (Å²) in [6, 6.07) is 0. The molecule has 0 unspecified atom stereocenters. The van der Waals surface area contributed by atoms with Gasteiger partial charge >= 0.3 is 0 Å². The van der Waals surface area contributed by atoms with Gasteiger partial charge in [-0.05, 0) is 37.0 Å². The van der Waals surface area contributed by atoms with Crippen molar-refractivity contribution in [3.8, 4) is 0 Å². The normalized spacial score (nSPS) is 21.2. The van der Waals surface area contributed by atoms with Gasteiger partial charge in [0.25, 0.3) is 0 Å². The van der Waals surface area contributed by atoms with Gasteiger partial charge in [-0.25, -0.2) is 4.98 Å². The van der Waals surface area contributed by atoms with Crippen molar-refractivity contribution < 1.29 is 4.74 Å². The van der Waals surface area contributed by atoms with Crippen molar-refractivity contribution in [2.24, 2.45) is 11.3 Å². The van der Waals surface area contributed by atoms with Crippen LogP contribution in [0.3, 0.4) is 0 Å². The first-order valence-electron chi connectivity index (χ1n) is 7.03. The van der Waals surface area contributed by atoms with Gasteiger partial charge in [0.2, 0.25) is 0 Å². The highest BCUT2D eigenvalue weighted by Gasteiger charge is 2.53. The summed E-state index contributed by atoms with van der Waals surface area (Å²) in [7, 11) is 1.73. The van der Waals surface area contributed by atoms with E-state index in [0.717, 1.165) is 25.6 Å². The summed E-state index contributed by atoms with van der Waals surface area (Å²) in [5.74, 6) is 1.01. The van der Waals surface area contributed by atoms with E-state index >= 15 is 0 Å². The number of aromatic nitrogens is 2. The van der Waals surface area contributed by atoms with Crippen molar-refractivity contribution in [1.29, 1.82) is 0 Å². The molecule has 4 heteroatoms. The summed E-state index contributed by atoms with van der Waals surface area (Å²) < 4.78 is 7.39. The van der Waals surface area contributed by atoms with Crippen molar-refractivity contribution >= 4 is 0 Å². The maximum absolute atomic E-state index is 5.04. The topological polar surface area (TPSA) is 39.1 Å². The van der Waals surface area contributed by atoms with E-state index < -0.39 is 0 Å². The van der Waals surface area contributed by atoms with Crippen LogP contribution in [0.2, 0.25) is 0 Å². The third-order valence-electron chi connectivity index (χ3n) is 4.41. The van der Waals surface area contributed by atoms with Crippen molar-refractivity contribution in [2.75, 3.05) is 20.3 Å². The number of imidazole rings is 1. The van der Waals surface area contributed by atoms with Crippen LogP contribution >= 0.6 is 0 Å².